The molecule has 0 saturated heterocycles. The van der Waals surface area contributed by atoms with E-state index in [0.29, 0.717) is 5.92 Å². The highest BCUT2D eigenvalue weighted by Gasteiger charge is 2.40. The summed E-state index contributed by atoms with van der Waals surface area (Å²) in [6.45, 7) is 23.6. The number of amides is 3. The van der Waals surface area contributed by atoms with E-state index in [9.17, 15) is 14.4 Å². The fourth-order valence-electron chi connectivity index (χ4n) is 4.74. The molecule has 0 heterocycles. The van der Waals surface area contributed by atoms with E-state index < -0.39 is 23.8 Å². The van der Waals surface area contributed by atoms with Gasteiger partial charge in [0.1, 0.15) is 17.7 Å². The van der Waals surface area contributed by atoms with Gasteiger partial charge in [-0.2, -0.15) is 0 Å². The van der Waals surface area contributed by atoms with Crippen LogP contribution in [0.25, 0.3) is 0 Å². The van der Waals surface area contributed by atoms with Gasteiger partial charge in [-0.05, 0) is 96.3 Å². The molecule has 1 aromatic carbocycles. The molecule has 0 fully saturated rings. The second-order valence-corrected chi connectivity index (χ2v) is 12.8. The SMILES string of the molecule is CCCC(C)NC(=O)C(c1cccc(C)c1C)N(C(=O)C(NC(=O)OC(C)(C)C)C(C)C)C(C)CCC(C)C. The molecule has 4 unspecified atom stereocenters. The van der Waals surface area contributed by atoms with Crippen LogP contribution in [0.2, 0.25) is 0 Å². The molecule has 0 aliphatic carbocycles. The van der Waals surface area contributed by atoms with Crippen LogP contribution in [0.5, 0.6) is 0 Å². The average Bonchev–Trinajstić information content (AvgIpc) is 2.79. The van der Waals surface area contributed by atoms with Gasteiger partial charge in [-0.3, -0.25) is 9.59 Å². The second kappa shape index (κ2) is 15.3. The van der Waals surface area contributed by atoms with Gasteiger partial charge in [0.15, 0.2) is 0 Å². The highest BCUT2D eigenvalue weighted by atomic mass is 16.6. The lowest BCUT2D eigenvalue weighted by atomic mass is 9.91. The van der Waals surface area contributed by atoms with Crippen molar-refractivity contribution in [3.63, 3.8) is 0 Å². The quantitative estimate of drug-likeness (QED) is 0.284. The summed E-state index contributed by atoms with van der Waals surface area (Å²) in [7, 11) is 0. The van der Waals surface area contributed by atoms with Crippen LogP contribution in [0, 0.1) is 25.7 Å². The first-order chi connectivity index (χ1) is 18.0. The average molecular weight is 546 g/mol. The number of hydrogen-bond donors (Lipinski definition) is 2. The third-order valence-corrected chi connectivity index (χ3v) is 7.07. The number of ether oxygens (including phenoxy) is 1. The van der Waals surface area contributed by atoms with E-state index in [1.165, 1.54) is 0 Å². The van der Waals surface area contributed by atoms with Crippen molar-refractivity contribution in [2.75, 3.05) is 0 Å². The summed E-state index contributed by atoms with van der Waals surface area (Å²) < 4.78 is 5.49. The number of carbonyl (C=O) groups excluding carboxylic acids is 3. The van der Waals surface area contributed by atoms with E-state index in [1.807, 2.05) is 59.7 Å². The Hall–Kier alpha value is -2.57. The number of aryl methyl sites for hydroxylation is 1. The van der Waals surface area contributed by atoms with Crippen LogP contribution in [0.1, 0.15) is 118 Å². The van der Waals surface area contributed by atoms with Crippen molar-refractivity contribution in [1.29, 1.82) is 0 Å². The maximum atomic E-state index is 14.5. The van der Waals surface area contributed by atoms with Crippen molar-refractivity contribution < 1.29 is 19.1 Å². The van der Waals surface area contributed by atoms with E-state index in [4.69, 9.17) is 4.74 Å². The number of nitrogens with one attached hydrogen (secondary N) is 2. The second-order valence-electron chi connectivity index (χ2n) is 12.8. The van der Waals surface area contributed by atoms with Crippen molar-refractivity contribution >= 4 is 17.9 Å². The molecule has 7 nitrogen and oxygen atoms in total. The number of alkyl carbamates (subject to hydrolysis) is 1. The third kappa shape index (κ3) is 10.8. The van der Waals surface area contributed by atoms with E-state index in [2.05, 4.69) is 31.4 Å². The van der Waals surface area contributed by atoms with Gasteiger partial charge in [0.05, 0.1) is 0 Å². The molecule has 0 spiro atoms. The van der Waals surface area contributed by atoms with Crippen molar-refractivity contribution in [2.24, 2.45) is 11.8 Å². The van der Waals surface area contributed by atoms with E-state index in [-0.39, 0.29) is 29.8 Å². The molecule has 39 heavy (non-hydrogen) atoms. The summed E-state index contributed by atoms with van der Waals surface area (Å²) in [5.74, 6) is -0.251. The Kier molecular flexibility index (Phi) is 13.5. The van der Waals surface area contributed by atoms with Gasteiger partial charge < -0.3 is 20.3 Å². The zero-order valence-corrected chi connectivity index (χ0v) is 26.6. The number of carbonyl (C=O) groups is 3. The summed E-state index contributed by atoms with van der Waals surface area (Å²) >= 11 is 0. The molecule has 0 aliphatic heterocycles. The fourth-order valence-corrected chi connectivity index (χ4v) is 4.74. The van der Waals surface area contributed by atoms with Crippen LogP contribution in [0.15, 0.2) is 18.2 Å². The molecule has 0 radical (unpaired) electrons. The molecule has 222 valence electrons. The number of benzene rings is 1. The van der Waals surface area contributed by atoms with E-state index in [0.717, 1.165) is 42.4 Å². The predicted octanol–water partition coefficient (Wildman–Crippen LogP) is 6.85. The van der Waals surface area contributed by atoms with Crippen molar-refractivity contribution in [2.45, 2.75) is 139 Å². The predicted molar refractivity (Wildman–Crippen MR) is 160 cm³/mol. The zero-order valence-electron chi connectivity index (χ0n) is 26.6. The van der Waals surface area contributed by atoms with Crippen molar-refractivity contribution in [3.8, 4) is 0 Å². The number of hydrogen-bond acceptors (Lipinski definition) is 4. The minimum absolute atomic E-state index is 0.0289. The van der Waals surface area contributed by atoms with Crippen LogP contribution < -0.4 is 10.6 Å². The summed E-state index contributed by atoms with van der Waals surface area (Å²) in [5.41, 5.74) is 2.15. The Bertz CT molecular complexity index is 951. The molecule has 0 saturated carbocycles. The highest BCUT2D eigenvalue weighted by Crippen LogP contribution is 2.31. The topological polar surface area (TPSA) is 87.7 Å². The van der Waals surface area contributed by atoms with Crippen LogP contribution in [0.3, 0.4) is 0 Å². The highest BCUT2D eigenvalue weighted by molar-refractivity contribution is 5.92. The largest absolute Gasteiger partial charge is 0.444 e. The van der Waals surface area contributed by atoms with Gasteiger partial charge in [-0.1, -0.05) is 59.2 Å². The maximum Gasteiger partial charge on any atom is 0.408 e. The maximum absolute atomic E-state index is 14.5. The normalized spacial score (nSPS) is 14.9. The van der Waals surface area contributed by atoms with Crippen LogP contribution >= 0.6 is 0 Å². The molecule has 7 heteroatoms. The van der Waals surface area contributed by atoms with Gasteiger partial charge in [0.2, 0.25) is 11.8 Å². The lowest BCUT2D eigenvalue weighted by Gasteiger charge is -2.40. The smallest absolute Gasteiger partial charge is 0.408 e. The van der Waals surface area contributed by atoms with Gasteiger partial charge in [0.25, 0.3) is 0 Å². The first-order valence-corrected chi connectivity index (χ1v) is 14.7. The van der Waals surface area contributed by atoms with Crippen LogP contribution in [0.4, 0.5) is 4.79 Å². The molecular formula is C32H55N3O4. The molecule has 0 aliphatic rings. The Morgan fingerprint density at radius 1 is 0.923 bits per heavy atom. The van der Waals surface area contributed by atoms with Gasteiger partial charge in [-0.15, -0.1) is 0 Å². The van der Waals surface area contributed by atoms with E-state index >= 15 is 0 Å². The van der Waals surface area contributed by atoms with Gasteiger partial charge in [0, 0.05) is 12.1 Å². The fraction of sp³-hybridized carbons (Fsp3) is 0.719. The first kappa shape index (κ1) is 34.5. The van der Waals surface area contributed by atoms with Crippen molar-refractivity contribution in [1.82, 2.24) is 15.5 Å². The van der Waals surface area contributed by atoms with Gasteiger partial charge >= 0.3 is 6.09 Å². The van der Waals surface area contributed by atoms with Gasteiger partial charge in [-0.25, -0.2) is 4.79 Å². The summed E-state index contributed by atoms with van der Waals surface area (Å²) in [6, 6.07) is 3.95. The summed E-state index contributed by atoms with van der Waals surface area (Å²) in [6.07, 6.45) is 2.78. The lowest BCUT2D eigenvalue weighted by molar-refractivity contribution is -0.146. The standard InChI is InChI=1S/C32H55N3O4/c1-13-15-23(7)33-29(36)28(26-17-14-16-22(6)25(26)9)35(24(8)19-18-20(2)3)30(37)27(21(4)5)34-31(38)39-32(10,11)12/h14,16-17,20-21,23-24,27-28H,13,15,18-19H2,1-12H3,(H,33,36)(H,34,38). The Morgan fingerprint density at radius 3 is 2.05 bits per heavy atom. The van der Waals surface area contributed by atoms with Crippen LogP contribution in [-0.4, -0.2) is 46.5 Å². The number of rotatable bonds is 13. The van der Waals surface area contributed by atoms with Crippen molar-refractivity contribution in [3.05, 3.63) is 34.9 Å². The molecule has 3 amide bonds. The Morgan fingerprint density at radius 2 is 1.54 bits per heavy atom. The molecule has 1 aromatic rings. The molecular weight excluding hydrogens is 490 g/mol. The molecule has 0 bridgehead atoms. The minimum Gasteiger partial charge on any atom is -0.444 e. The summed E-state index contributed by atoms with van der Waals surface area (Å²) in [5, 5.41) is 6.00. The molecule has 0 aromatic heterocycles. The zero-order chi connectivity index (χ0) is 30.1. The minimum atomic E-state index is -0.852. The van der Waals surface area contributed by atoms with E-state index in [1.54, 1.807) is 25.7 Å². The Labute approximate surface area is 237 Å². The molecule has 1 rings (SSSR count). The first-order valence-electron chi connectivity index (χ1n) is 14.7. The Balaban J connectivity index is 3.70. The molecule has 4 atom stereocenters. The monoisotopic (exact) mass is 545 g/mol. The summed E-state index contributed by atoms with van der Waals surface area (Å²) in [4.78, 5) is 43.1. The molecule has 2 N–H and O–H groups in total. The lowest BCUT2D eigenvalue weighted by Crippen LogP contribution is -2.57. The van der Waals surface area contributed by atoms with Crippen LogP contribution in [-0.2, 0) is 14.3 Å². The number of nitrogens with zero attached hydrogens (tertiary/aromatic N) is 1. The third-order valence-electron chi connectivity index (χ3n) is 7.07.